The number of carbonyl (C=O) groups is 1. The zero-order valence-corrected chi connectivity index (χ0v) is 16.2. The monoisotopic (exact) mass is 374 g/mol. The summed E-state index contributed by atoms with van der Waals surface area (Å²) in [5, 5.41) is 6.03. The molecule has 0 unspecified atom stereocenters. The topological polar surface area (TPSA) is 64.4 Å². The molecule has 1 N–H and O–H groups in total. The van der Waals surface area contributed by atoms with Crippen molar-refractivity contribution in [2.45, 2.75) is 64.5 Å². The summed E-state index contributed by atoms with van der Waals surface area (Å²) in [6.45, 7) is 4.72. The Morgan fingerprint density at radius 2 is 2.23 bits per heavy atom. The van der Waals surface area contributed by atoms with Crippen LogP contribution in [-0.4, -0.2) is 29.6 Å². The second-order valence-electron chi connectivity index (χ2n) is 7.47. The molecular formula is C20H26N2O3S. The second-order valence-corrected chi connectivity index (χ2v) is 8.33. The summed E-state index contributed by atoms with van der Waals surface area (Å²) >= 11 is 1.52. The summed E-state index contributed by atoms with van der Waals surface area (Å²) in [4.78, 5) is 17.1. The van der Waals surface area contributed by atoms with Gasteiger partial charge >= 0.3 is 0 Å². The number of aryl methyl sites for hydroxylation is 1. The first kappa shape index (κ1) is 17.7. The fourth-order valence-electron chi connectivity index (χ4n) is 4.55. The molecule has 0 bridgehead atoms. The summed E-state index contributed by atoms with van der Waals surface area (Å²) < 4.78 is 11.5. The average Bonchev–Trinajstić information content (AvgIpc) is 3.34. The van der Waals surface area contributed by atoms with E-state index in [0.717, 1.165) is 35.2 Å². The van der Waals surface area contributed by atoms with Crippen molar-refractivity contribution in [1.82, 2.24) is 10.3 Å². The fourth-order valence-corrected chi connectivity index (χ4v) is 5.33. The minimum absolute atomic E-state index is 0.0590. The van der Waals surface area contributed by atoms with Crippen molar-refractivity contribution in [2.75, 3.05) is 6.61 Å². The molecule has 26 heavy (non-hydrogen) atoms. The Hall–Kier alpha value is -1.66. The van der Waals surface area contributed by atoms with E-state index in [4.69, 9.17) is 9.15 Å². The van der Waals surface area contributed by atoms with E-state index in [1.807, 2.05) is 24.4 Å². The van der Waals surface area contributed by atoms with E-state index in [1.165, 1.54) is 37.0 Å². The van der Waals surface area contributed by atoms with Gasteiger partial charge < -0.3 is 14.5 Å². The minimum Gasteiger partial charge on any atom is -0.459 e. The van der Waals surface area contributed by atoms with Crippen molar-refractivity contribution >= 4 is 17.2 Å². The predicted molar refractivity (Wildman–Crippen MR) is 101 cm³/mol. The number of hydrogen-bond donors (Lipinski definition) is 1. The Morgan fingerprint density at radius 3 is 2.92 bits per heavy atom. The Morgan fingerprint density at radius 1 is 1.42 bits per heavy atom. The smallest absolute Gasteiger partial charge is 0.226 e. The minimum atomic E-state index is 0.0590. The molecule has 2 aliphatic carbocycles. The van der Waals surface area contributed by atoms with Crippen LogP contribution in [0.5, 0.6) is 0 Å². The van der Waals surface area contributed by atoms with Crippen LogP contribution in [0.3, 0.4) is 0 Å². The highest BCUT2D eigenvalue weighted by atomic mass is 32.1. The normalized spacial score (nSPS) is 23.9. The highest BCUT2D eigenvalue weighted by Crippen LogP contribution is 2.54. The molecule has 2 aromatic heterocycles. The first-order valence-corrected chi connectivity index (χ1v) is 10.4. The molecule has 1 spiro atoms. The van der Waals surface area contributed by atoms with Gasteiger partial charge in [-0.1, -0.05) is 12.8 Å². The van der Waals surface area contributed by atoms with Gasteiger partial charge in [-0.3, -0.25) is 4.79 Å². The van der Waals surface area contributed by atoms with Crippen molar-refractivity contribution in [3.05, 3.63) is 29.0 Å². The van der Waals surface area contributed by atoms with Gasteiger partial charge in [0, 0.05) is 23.4 Å². The lowest BCUT2D eigenvalue weighted by Crippen LogP contribution is -2.63. The van der Waals surface area contributed by atoms with Crippen molar-refractivity contribution in [3.63, 3.8) is 0 Å². The predicted octanol–water partition coefficient (Wildman–Crippen LogP) is 4.11. The van der Waals surface area contributed by atoms with Gasteiger partial charge in [0.15, 0.2) is 10.8 Å². The van der Waals surface area contributed by atoms with Gasteiger partial charge in [-0.05, 0) is 45.2 Å². The average molecular weight is 375 g/mol. The number of ether oxygens (including phenoxy) is 1. The number of amides is 1. The molecule has 0 aliphatic heterocycles. The first-order chi connectivity index (χ1) is 12.6. The molecule has 2 aromatic rings. The van der Waals surface area contributed by atoms with Crippen molar-refractivity contribution in [3.8, 4) is 10.8 Å². The number of thiazole rings is 1. The summed E-state index contributed by atoms with van der Waals surface area (Å²) in [5.41, 5.74) is 0.975. The molecule has 1 amide bonds. The van der Waals surface area contributed by atoms with Crippen molar-refractivity contribution in [2.24, 2.45) is 5.41 Å². The quantitative estimate of drug-likeness (QED) is 0.826. The highest BCUT2D eigenvalue weighted by Gasteiger charge is 2.57. The molecule has 0 radical (unpaired) electrons. The van der Waals surface area contributed by atoms with Crippen LogP contribution in [0.15, 0.2) is 21.9 Å². The van der Waals surface area contributed by atoms with E-state index in [1.54, 1.807) is 0 Å². The van der Waals surface area contributed by atoms with Crippen molar-refractivity contribution < 1.29 is 13.9 Å². The van der Waals surface area contributed by atoms with Gasteiger partial charge in [0.2, 0.25) is 5.91 Å². The number of hydrogen-bond acceptors (Lipinski definition) is 5. The molecule has 0 saturated heterocycles. The third-order valence-corrected chi connectivity index (χ3v) is 6.77. The van der Waals surface area contributed by atoms with Crippen LogP contribution in [0, 0.1) is 12.3 Å². The van der Waals surface area contributed by atoms with E-state index in [0.29, 0.717) is 12.5 Å². The van der Waals surface area contributed by atoms with Gasteiger partial charge in [0.05, 0.1) is 18.2 Å². The molecule has 2 saturated carbocycles. The number of nitrogens with zero attached hydrogens (tertiary/aromatic N) is 1. The molecule has 6 heteroatoms. The molecule has 140 valence electrons. The van der Waals surface area contributed by atoms with Gasteiger partial charge in [-0.2, -0.15) is 0 Å². The standard InChI is InChI=1S/C20H26N2O3S/c1-3-24-17-11-16(20(17)8-4-5-9-20)22-18(23)10-14-12-26-19(21-14)15-7-6-13(2)25-15/h6-7,12,16-17H,3-5,8-11H2,1-2H3,(H,22,23)/t16-,17-/m1/s1. The maximum Gasteiger partial charge on any atom is 0.226 e. The lowest BCUT2D eigenvalue weighted by molar-refractivity contribution is -0.143. The van der Waals surface area contributed by atoms with Gasteiger partial charge in [-0.25, -0.2) is 4.98 Å². The Labute approximate surface area is 158 Å². The number of aromatic nitrogens is 1. The molecule has 2 atom stereocenters. The second kappa shape index (κ2) is 7.16. The lowest BCUT2D eigenvalue weighted by atomic mass is 9.60. The Kier molecular flexibility index (Phi) is 4.88. The van der Waals surface area contributed by atoms with Crippen LogP contribution < -0.4 is 5.32 Å². The summed E-state index contributed by atoms with van der Waals surface area (Å²) in [6, 6.07) is 4.10. The largest absolute Gasteiger partial charge is 0.459 e. The van der Waals surface area contributed by atoms with Crippen LogP contribution in [0.4, 0.5) is 0 Å². The van der Waals surface area contributed by atoms with Crippen LogP contribution in [0.1, 0.15) is 50.5 Å². The molecule has 2 heterocycles. The van der Waals surface area contributed by atoms with E-state index >= 15 is 0 Å². The number of nitrogens with one attached hydrogen (secondary N) is 1. The van der Waals surface area contributed by atoms with Crippen LogP contribution >= 0.6 is 11.3 Å². The zero-order valence-electron chi connectivity index (χ0n) is 15.4. The van der Waals surface area contributed by atoms with Crippen LogP contribution in [0.2, 0.25) is 0 Å². The molecular weight excluding hydrogens is 348 g/mol. The summed E-state index contributed by atoms with van der Waals surface area (Å²) in [5.74, 6) is 1.69. The zero-order chi connectivity index (χ0) is 18.1. The fraction of sp³-hybridized carbons (Fsp3) is 0.600. The maximum absolute atomic E-state index is 12.6. The number of rotatable bonds is 6. The molecule has 4 rings (SSSR count). The van der Waals surface area contributed by atoms with Gasteiger partial charge in [0.1, 0.15) is 5.76 Å². The van der Waals surface area contributed by atoms with E-state index < -0.39 is 0 Å². The Balaban J connectivity index is 1.36. The Bertz CT molecular complexity index is 776. The number of furan rings is 1. The summed E-state index contributed by atoms with van der Waals surface area (Å²) in [6.07, 6.45) is 6.40. The van der Waals surface area contributed by atoms with E-state index in [9.17, 15) is 4.79 Å². The number of carbonyl (C=O) groups excluding carboxylic acids is 1. The van der Waals surface area contributed by atoms with E-state index in [-0.39, 0.29) is 17.4 Å². The molecule has 2 fully saturated rings. The molecule has 2 aliphatic rings. The maximum atomic E-state index is 12.6. The van der Waals surface area contributed by atoms with Crippen LogP contribution in [-0.2, 0) is 16.0 Å². The first-order valence-electron chi connectivity index (χ1n) is 9.53. The third kappa shape index (κ3) is 3.21. The molecule has 0 aromatic carbocycles. The lowest BCUT2D eigenvalue weighted by Gasteiger charge is -2.54. The van der Waals surface area contributed by atoms with Gasteiger partial charge in [-0.15, -0.1) is 11.3 Å². The highest BCUT2D eigenvalue weighted by molar-refractivity contribution is 7.13. The third-order valence-electron chi connectivity index (χ3n) is 5.87. The van der Waals surface area contributed by atoms with E-state index in [2.05, 4.69) is 17.2 Å². The van der Waals surface area contributed by atoms with Crippen molar-refractivity contribution in [1.29, 1.82) is 0 Å². The summed E-state index contributed by atoms with van der Waals surface area (Å²) in [7, 11) is 0. The van der Waals surface area contributed by atoms with Gasteiger partial charge in [0.25, 0.3) is 0 Å². The van der Waals surface area contributed by atoms with Crippen LogP contribution in [0.25, 0.3) is 10.8 Å². The molecule has 5 nitrogen and oxygen atoms in total. The SMILES string of the molecule is CCO[C@@H]1C[C@@H](NC(=O)Cc2csc(-c3ccc(C)o3)n2)C12CCCC2.